The lowest BCUT2D eigenvalue weighted by Gasteiger charge is -2.34. The fraction of sp³-hybridized carbons (Fsp3) is 1.00. The van der Waals surface area contributed by atoms with Crippen LogP contribution in [0.4, 0.5) is 8.78 Å². The summed E-state index contributed by atoms with van der Waals surface area (Å²) in [6.07, 6.45) is 3.68. The van der Waals surface area contributed by atoms with Gasteiger partial charge in [-0.25, -0.2) is 8.78 Å². The van der Waals surface area contributed by atoms with Gasteiger partial charge in [-0.3, -0.25) is 4.90 Å². The summed E-state index contributed by atoms with van der Waals surface area (Å²) < 4.78 is 24.3. The molecule has 2 aliphatic rings. The second-order valence-corrected chi connectivity index (χ2v) is 3.90. The van der Waals surface area contributed by atoms with Crippen molar-refractivity contribution in [3.63, 3.8) is 0 Å². The van der Waals surface area contributed by atoms with Gasteiger partial charge < -0.3 is 0 Å². The molecule has 2 saturated heterocycles. The molecule has 0 aliphatic carbocycles. The molecule has 0 aromatic carbocycles. The van der Waals surface area contributed by atoms with Gasteiger partial charge in [-0.1, -0.05) is 6.42 Å². The Morgan fingerprint density at radius 3 is 2.17 bits per heavy atom. The summed E-state index contributed by atoms with van der Waals surface area (Å²) in [5.41, 5.74) is 0. The highest BCUT2D eigenvalue weighted by atomic mass is 19.3. The molecule has 0 saturated carbocycles. The second kappa shape index (κ2) is 3.29. The van der Waals surface area contributed by atoms with Crippen LogP contribution in [0.3, 0.4) is 0 Å². The van der Waals surface area contributed by atoms with E-state index in [2.05, 4.69) is 0 Å². The molecule has 0 aromatic rings. The van der Waals surface area contributed by atoms with Crippen molar-refractivity contribution in [1.29, 1.82) is 0 Å². The Kier molecular flexibility index (Phi) is 2.31. The molecule has 70 valence electrons. The minimum Gasteiger partial charge on any atom is -0.292 e. The van der Waals surface area contributed by atoms with E-state index < -0.39 is 6.43 Å². The Bertz CT molecular complexity index is 145. The first kappa shape index (κ1) is 8.42. The van der Waals surface area contributed by atoms with Gasteiger partial charge in [0.05, 0.1) is 6.54 Å². The van der Waals surface area contributed by atoms with Crippen LogP contribution in [0, 0.1) is 0 Å². The fourth-order valence-corrected chi connectivity index (χ4v) is 2.68. The average molecular weight is 175 g/mol. The summed E-state index contributed by atoms with van der Waals surface area (Å²) in [7, 11) is 0. The van der Waals surface area contributed by atoms with Crippen molar-refractivity contribution in [3.05, 3.63) is 0 Å². The first-order valence-electron chi connectivity index (χ1n) is 4.81. The summed E-state index contributed by atoms with van der Waals surface area (Å²) >= 11 is 0. The molecule has 0 radical (unpaired) electrons. The molecular weight excluding hydrogens is 160 g/mol. The molecule has 0 amide bonds. The van der Waals surface area contributed by atoms with E-state index >= 15 is 0 Å². The average Bonchev–Trinajstić information content (AvgIpc) is 2.30. The summed E-state index contributed by atoms with van der Waals surface area (Å²) in [5, 5.41) is 0. The van der Waals surface area contributed by atoms with E-state index in [9.17, 15) is 8.78 Å². The van der Waals surface area contributed by atoms with E-state index in [1.165, 1.54) is 6.42 Å². The van der Waals surface area contributed by atoms with Crippen LogP contribution in [0.15, 0.2) is 0 Å². The van der Waals surface area contributed by atoms with E-state index in [-0.39, 0.29) is 6.54 Å². The molecule has 2 fully saturated rings. The molecule has 0 spiro atoms. The minimum absolute atomic E-state index is 0.00926. The van der Waals surface area contributed by atoms with Gasteiger partial charge in [0.15, 0.2) is 0 Å². The Morgan fingerprint density at radius 2 is 1.67 bits per heavy atom. The normalized spacial score (nSPS) is 36.2. The van der Waals surface area contributed by atoms with E-state index in [1.807, 2.05) is 4.90 Å². The Hall–Kier alpha value is -0.180. The van der Waals surface area contributed by atoms with E-state index in [0.29, 0.717) is 12.1 Å². The third-order valence-corrected chi connectivity index (χ3v) is 3.19. The quantitative estimate of drug-likeness (QED) is 0.622. The molecule has 2 bridgehead atoms. The van der Waals surface area contributed by atoms with Crippen molar-refractivity contribution >= 4 is 0 Å². The second-order valence-electron chi connectivity index (χ2n) is 3.90. The van der Waals surface area contributed by atoms with E-state index in [4.69, 9.17) is 0 Å². The van der Waals surface area contributed by atoms with Crippen molar-refractivity contribution in [2.75, 3.05) is 6.54 Å². The Labute approximate surface area is 71.7 Å². The molecule has 3 heteroatoms. The molecule has 0 aromatic heterocycles. The van der Waals surface area contributed by atoms with Gasteiger partial charge in [0.25, 0.3) is 6.43 Å². The van der Waals surface area contributed by atoms with Crippen molar-refractivity contribution < 1.29 is 8.78 Å². The smallest absolute Gasteiger partial charge is 0.251 e. The summed E-state index contributed by atoms with van der Waals surface area (Å²) in [4.78, 5) is 2.04. The molecule has 2 aliphatic heterocycles. The van der Waals surface area contributed by atoms with Crippen LogP contribution >= 0.6 is 0 Å². The van der Waals surface area contributed by atoms with Gasteiger partial charge in [-0.15, -0.1) is 0 Å². The number of hydrogen-bond acceptors (Lipinski definition) is 1. The predicted octanol–water partition coefficient (Wildman–Crippen LogP) is 2.27. The van der Waals surface area contributed by atoms with Crippen LogP contribution in [-0.2, 0) is 0 Å². The number of nitrogens with zero attached hydrogens (tertiary/aromatic N) is 1. The third kappa shape index (κ3) is 1.47. The lowest BCUT2D eigenvalue weighted by atomic mass is 10.0. The number of hydrogen-bond donors (Lipinski definition) is 0. The monoisotopic (exact) mass is 175 g/mol. The van der Waals surface area contributed by atoms with Gasteiger partial charge in [0.2, 0.25) is 0 Å². The molecule has 0 N–H and O–H groups in total. The molecule has 2 rings (SSSR count). The zero-order chi connectivity index (χ0) is 8.55. The fourth-order valence-electron chi connectivity index (χ4n) is 2.68. The predicted molar refractivity (Wildman–Crippen MR) is 43.4 cm³/mol. The number of alkyl halides is 2. The number of rotatable bonds is 2. The Balaban J connectivity index is 1.96. The van der Waals surface area contributed by atoms with Crippen molar-refractivity contribution in [2.45, 2.75) is 50.6 Å². The largest absolute Gasteiger partial charge is 0.292 e. The van der Waals surface area contributed by atoms with Gasteiger partial charge in [-0.05, 0) is 25.7 Å². The standard InChI is InChI=1S/C9H15F2N/c10-9(11)6-12-7-2-1-3-8(12)5-4-7/h7-9H,1-6H2/t7-,8?/m1/s1. The molecule has 1 nitrogen and oxygen atoms in total. The topological polar surface area (TPSA) is 3.24 Å². The Morgan fingerprint density at radius 1 is 1.08 bits per heavy atom. The molecule has 2 heterocycles. The third-order valence-electron chi connectivity index (χ3n) is 3.19. The van der Waals surface area contributed by atoms with Crippen molar-refractivity contribution in [2.24, 2.45) is 0 Å². The zero-order valence-electron chi connectivity index (χ0n) is 7.18. The molecular formula is C9H15F2N. The van der Waals surface area contributed by atoms with Gasteiger partial charge in [0, 0.05) is 12.1 Å². The maximum Gasteiger partial charge on any atom is 0.251 e. The summed E-state index contributed by atoms with van der Waals surface area (Å²) in [6.45, 7) is 0.00926. The molecule has 12 heavy (non-hydrogen) atoms. The van der Waals surface area contributed by atoms with Crippen LogP contribution in [0.5, 0.6) is 0 Å². The summed E-state index contributed by atoms with van der Waals surface area (Å²) in [6, 6.07) is 0.968. The lowest BCUT2D eigenvalue weighted by Crippen LogP contribution is -2.42. The highest BCUT2D eigenvalue weighted by molar-refractivity contribution is 4.91. The lowest BCUT2D eigenvalue weighted by molar-refractivity contribution is 0.0446. The van der Waals surface area contributed by atoms with Gasteiger partial charge >= 0.3 is 0 Å². The van der Waals surface area contributed by atoms with Crippen molar-refractivity contribution in [3.8, 4) is 0 Å². The van der Waals surface area contributed by atoms with E-state index in [0.717, 1.165) is 25.7 Å². The van der Waals surface area contributed by atoms with Crippen LogP contribution in [-0.4, -0.2) is 30.0 Å². The minimum atomic E-state index is -2.15. The first-order valence-corrected chi connectivity index (χ1v) is 4.81. The highest BCUT2D eigenvalue weighted by Crippen LogP contribution is 2.35. The van der Waals surface area contributed by atoms with Gasteiger partial charge in [-0.2, -0.15) is 0 Å². The zero-order valence-corrected chi connectivity index (χ0v) is 7.18. The van der Waals surface area contributed by atoms with Crippen LogP contribution < -0.4 is 0 Å². The summed E-state index contributed by atoms with van der Waals surface area (Å²) in [5.74, 6) is 0. The first-order chi connectivity index (χ1) is 5.77. The molecule has 1 unspecified atom stereocenters. The van der Waals surface area contributed by atoms with Crippen LogP contribution in [0.1, 0.15) is 32.1 Å². The maximum atomic E-state index is 12.2. The van der Waals surface area contributed by atoms with Crippen molar-refractivity contribution in [1.82, 2.24) is 4.90 Å². The van der Waals surface area contributed by atoms with Gasteiger partial charge in [0.1, 0.15) is 0 Å². The van der Waals surface area contributed by atoms with E-state index in [1.54, 1.807) is 0 Å². The number of fused-ring (bicyclic) bond motifs is 2. The van der Waals surface area contributed by atoms with Crippen LogP contribution in [0.2, 0.25) is 0 Å². The number of piperidine rings is 1. The van der Waals surface area contributed by atoms with Crippen LogP contribution in [0.25, 0.3) is 0 Å². The number of halogens is 2. The molecule has 2 atom stereocenters. The highest BCUT2D eigenvalue weighted by Gasteiger charge is 2.37. The maximum absolute atomic E-state index is 12.2. The SMILES string of the molecule is FC(F)CN1C2CCC[C@@H]1CC2.